The molecule has 0 aliphatic carbocycles. The maximum Gasteiger partial charge on any atom is 0.301 e. The van der Waals surface area contributed by atoms with Crippen molar-refractivity contribution in [3.63, 3.8) is 0 Å². The summed E-state index contributed by atoms with van der Waals surface area (Å²) in [6, 6.07) is 15.7. The summed E-state index contributed by atoms with van der Waals surface area (Å²) in [6.45, 7) is 3.93. The van der Waals surface area contributed by atoms with Gasteiger partial charge < -0.3 is 5.11 Å². The molecule has 0 bridgehead atoms. The second kappa shape index (κ2) is 7.69. The van der Waals surface area contributed by atoms with E-state index in [2.05, 4.69) is 9.97 Å². The molecule has 7 heteroatoms. The molecule has 2 aromatic carbocycles. The van der Waals surface area contributed by atoms with Crippen LogP contribution in [0.4, 0.5) is 5.13 Å². The van der Waals surface area contributed by atoms with Gasteiger partial charge in [0, 0.05) is 18.0 Å². The van der Waals surface area contributed by atoms with Crippen LogP contribution < -0.4 is 4.90 Å². The van der Waals surface area contributed by atoms with E-state index in [1.165, 1.54) is 16.2 Å². The number of hydrogen-bond acceptors (Lipinski definition) is 6. The Balaban J connectivity index is 1.72. The Morgan fingerprint density at radius 2 is 1.78 bits per heavy atom. The maximum atomic E-state index is 13.2. The van der Waals surface area contributed by atoms with Crippen LogP contribution in [-0.2, 0) is 9.59 Å². The van der Waals surface area contributed by atoms with Gasteiger partial charge in [-0.1, -0.05) is 53.3 Å². The molecule has 32 heavy (non-hydrogen) atoms. The molecular weight excluding hydrogens is 422 g/mol. The number of carbonyl (C=O) groups excluding carboxylic acids is 2. The van der Waals surface area contributed by atoms with Crippen LogP contribution in [0.25, 0.3) is 16.0 Å². The number of rotatable bonds is 3. The van der Waals surface area contributed by atoms with Gasteiger partial charge in [0.25, 0.3) is 5.78 Å². The van der Waals surface area contributed by atoms with Gasteiger partial charge in [-0.2, -0.15) is 0 Å². The lowest BCUT2D eigenvalue weighted by Gasteiger charge is -2.22. The third-order valence-electron chi connectivity index (χ3n) is 5.51. The topological polar surface area (TPSA) is 83.4 Å². The highest BCUT2D eigenvalue weighted by atomic mass is 32.1. The van der Waals surface area contributed by atoms with Gasteiger partial charge in [0.1, 0.15) is 5.76 Å². The van der Waals surface area contributed by atoms with Crippen LogP contribution in [0.1, 0.15) is 28.3 Å². The molecule has 1 aliphatic rings. The van der Waals surface area contributed by atoms with E-state index in [1.54, 1.807) is 36.7 Å². The highest BCUT2D eigenvalue weighted by Gasteiger charge is 2.48. The number of Topliss-reactive ketones (excluding diaryl/α,β-unsaturated/α-hetero) is 1. The van der Waals surface area contributed by atoms with E-state index in [4.69, 9.17) is 0 Å². The molecule has 1 atom stereocenters. The van der Waals surface area contributed by atoms with Crippen LogP contribution in [0.5, 0.6) is 0 Å². The lowest BCUT2D eigenvalue weighted by molar-refractivity contribution is -0.132. The normalized spacial score (nSPS) is 17.9. The zero-order valence-electron chi connectivity index (χ0n) is 17.4. The smallest absolute Gasteiger partial charge is 0.301 e. The summed E-state index contributed by atoms with van der Waals surface area (Å²) in [7, 11) is 0. The fourth-order valence-corrected chi connectivity index (χ4v) is 4.96. The van der Waals surface area contributed by atoms with Crippen LogP contribution in [0, 0.1) is 13.8 Å². The third-order valence-corrected chi connectivity index (χ3v) is 6.53. The molecule has 1 unspecified atom stereocenters. The van der Waals surface area contributed by atoms with Gasteiger partial charge in [-0.25, -0.2) is 4.98 Å². The molecule has 0 radical (unpaired) electrons. The highest BCUT2D eigenvalue weighted by molar-refractivity contribution is 7.22. The SMILES string of the molecule is Cc1ccc(C(O)=C2C(=O)C(=O)N(c3nc4ccc(C)cc4s3)C2c2cccnc2)cc1. The molecular formula is C25H19N3O3S. The van der Waals surface area contributed by atoms with Crippen molar-refractivity contribution in [2.45, 2.75) is 19.9 Å². The fraction of sp³-hybridized carbons (Fsp3) is 0.120. The second-order valence-corrected chi connectivity index (χ2v) is 8.80. The van der Waals surface area contributed by atoms with Crippen molar-refractivity contribution < 1.29 is 14.7 Å². The number of carbonyl (C=O) groups is 2. The molecule has 1 amide bonds. The number of aliphatic hydroxyl groups is 1. The summed E-state index contributed by atoms with van der Waals surface area (Å²) in [5, 5.41) is 11.5. The van der Waals surface area contributed by atoms with E-state index >= 15 is 0 Å². The zero-order chi connectivity index (χ0) is 22.4. The molecule has 1 saturated heterocycles. The van der Waals surface area contributed by atoms with Crippen molar-refractivity contribution in [1.82, 2.24) is 9.97 Å². The summed E-state index contributed by atoms with van der Waals surface area (Å²) < 4.78 is 0.922. The number of anilines is 1. The van der Waals surface area contributed by atoms with Crippen LogP contribution in [0.15, 0.2) is 72.6 Å². The van der Waals surface area contributed by atoms with E-state index in [1.807, 2.05) is 44.2 Å². The lowest BCUT2D eigenvalue weighted by atomic mass is 9.96. The highest BCUT2D eigenvalue weighted by Crippen LogP contribution is 2.44. The minimum absolute atomic E-state index is 0.0299. The molecule has 1 N–H and O–H groups in total. The molecule has 0 spiro atoms. The number of pyridine rings is 1. The van der Waals surface area contributed by atoms with Crippen LogP contribution in [0.3, 0.4) is 0 Å². The quantitative estimate of drug-likeness (QED) is 0.277. The van der Waals surface area contributed by atoms with Gasteiger partial charge in [0.2, 0.25) is 0 Å². The van der Waals surface area contributed by atoms with Crippen molar-refractivity contribution in [2.75, 3.05) is 4.90 Å². The molecule has 2 aromatic heterocycles. The van der Waals surface area contributed by atoms with Crippen molar-refractivity contribution >= 4 is 44.1 Å². The number of hydrogen-bond donors (Lipinski definition) is 1. The van der Waals surface area contributed by atoms with Crippen molar-refractivity contribution in [3.8, 4) is 0 Å². The number of ketones is 1. The molecule has 1 aliphatic heterocycles. The Bertz CT molecular complexity index is 1390. The van der Waals surface area contributed by atoms with E-state index in [9.17, 15) is 14.7 Å². The average molecular weight is 442 g/mol. The average Bonchev–Trinajstić information content (AvgIpc) is 3.32. The fourth-order valence-electron chi connectivity index (χ4n) is 3.87. The summed E-state index contributed by atoms with van der Waals surface area (Å²) in [5.41, 5.74) is 3.98. The van der Waals surface area contributed by atoms with Crippen molar-refractivity contribution in [2.24, 2.45) is 0 Å². The molecule has 3 heterocycles. The Morgan fingerprint density at radius 3 is 2.50 bits per heavy atom. The minimum atomic E-state index is -0.827. The molecule has 5 rings (SSSR count). The Kier molecular flexibility index (Phi) is 4.83. The number of nitrogens with zero attached hydrogens (tertiary/aromatic N) is 3. The van der Waals surface area contributed by atoms with Gasteiger partial charge in [-0.3, -0.25) is 19.5 Å². The Hall–Kier alpha value is -3.84. The van der Waals surface area contributed by atoms with E-state index in [0.717, 1.165) is 21.3 Å². The van der Waals surface area contributed by atoms with Gasteiger partial charge in [-0.05, 0) is 43.2 Å². The molecule has 1 fully saturated rings. The molecule has 6 nitrogen and oxygen atoms in total. The van der Waals surface area contributed by atoms with E-state index in [-0.39, 0.29) is 11.3 Å². The summed E-state index contributed by atoms with van der Waals surface area (Å²) in [6.07, 6.45) is 3.22. The van der Waals surface area contributed by atoms with Gasteiger partial charge in [-0.15, -0.1) is 0 Å². The van der Waals surface area contributed by atoms with E-state index < -0.39 is 17.7 Å². The third kappa shape index (κ3) is 3.27. The second-order valence-electron chi connectivity index (χ2n) is 7.79. The predicted molar refractivity (Wildman–Crippen MR) is 125 cm³/mol. The first kappa shape index (κ1) is 20.1. The predicted octanol–water partition coefficient (Wildman–Crippen LogP) is 4.93. The first-order chi connectivity index (χ1) is 15.4. The summed E-state index contributed by atoms with van der Waals surface area (Å²) in [4.78, 5) is 36.5. The van der Waals surface area contributed by atoms with Gasteiger partial charge >= 0.3 is 5.91 Å². The number of aromatic nitrogens is 2. The Morgan fingerprint density at radius 1 is 1.03 bits per heavy atom. The number of benzene rings is 2. The maximum absolute atomic E-state index is 13.2. The number of fused-ring (bicyclic) bond motifs is 1. The van der Waals surface area contributed by atoms with Gasteiger partial charge in [0.15, 0.2) is 5.13 Å². The largest absolute Gasteiger partial charge is 0.507 e. The molecule has 4 aromatic rings. The van der Waals surface area contributed by atoms with E-state index in [0.29, 0.717) is 16.3 Å². The van der Waals surface area contributed by atoms with Crippen LogP contribution >= 0.6 is 11.3 Å². The Labute approximate surface area is 188 Å². The van der Waals surface area contributed by atoms with Crippen molar-refractivity contribution in [3.05, 3.63) is 94.8 Å². The summed E-state index contributed by atoms with van der Waals surface area (Å²) >= 11 is 1.34. The van der Waals surface area contributed by atoms with Crippen molar-refractivity contribution in [1.29, 1.82) is 0 Å². The zero-order valence-corrected chi connectivity index (χ0v) is 18.3. The monoisotopic (exact) mass is 441 g/mol. The van der Waals surface area contributed by atoms with Crippen LogP contribution in [0.2, 0.25) is 0 Å². The standard InChI is InChI=1S/C25H19N3O3S/c1-14-5-8-16(9-6-14)22(29)20-21(17-4-3-11-26-13-17)28(24(31)23(20)30)25-27-18-10-7-15(2)12-19(18)32-25/h3-13,21,29H,1-2H3. The lowest BCUT2D eigenvalue weighted by Crippen LogP contribution is -2.29. The first-order valence-corrected chi connectivity index (χ1v) is 10.9. The summed E-state index contributed by atoms with van der Waals surface area (Å²) in [5.74, 6) is -1.67. The number of amides is 1. The number of thiazole rings is 1. The molecule has 0 saturated carbocycles. The van der Waals surface area contributed by atoms with Crippen LogP contribution in [-0.4, -0.2) is 26.8 Å². The van der Waals surface area contributed by atoms with Gasteiger partial charge in [0.05, 0.1) is 21.8 Å². The minimum Gasteiger partial charge on any atom is -0.507 e. The number of aryl methyl sites for hydroxylation is 2. The molecule has 158 valence electrons. The first-order valence-electron chi connectivity index (χ1n) is 10.1. The number of aliphatic hydroxyl groups excluding tert-OH is 1.